The number of anilines is 1. The summed E-state index contributed by atoms with van der Waals surface area (Å²) in [6.45, 7) is 0.467. The lowest BCUT2D eigenvalue weighted by molar-refractivity contribution is -0.120. The largest absolute Gasteiger partial charge is 0.324 e. The smallest absolute Gasteiger partial charge is 0.274 e. The highest BCUT2D eigenvalue weighted by atomic mass is 32.1. The van der Waals surface area contributed by atoms with Crippen LogP contribution < -0.4 is 5.32 Å². The molecule has 140 valence electrons. The van der Waals surface area contributed by atoms with Gasteiger partial charge < -0.3 is 10.2 Å². The van der Waals surface area contributed by atoms with Gasteiger partial charge in [0.2, 0.25) is 5.91 Å². The highest BCUT2D eigenvalue weighted by Crippen LogP contribution is 2.33. The van der Waals surface area contributed by atoms with Crippen LogP contribution in [0.3, 0.4) is 0 Å². The van der Waals surface area contributed by atoms with E-state index in [4.69, 9.17) is 0 Å². The van der Waals surface area contributed by atoms with Crippen LogP contribution in [0, 0.1) is 0 Å². The second kappa shape index (κ2) is 6.87. The van der Waals surface area contributed by atoms with Crippen molar-refractivity contribution in [2.24, 2.45) is 0 Å². The van der Waals surface area contributed by atoms with Crippen molar-refractivity contribution in [3.63, 3.8) is 0 Å². The van der Waals surface area contributed by atoms with Crippen molar-refractivity contribution in [2.45, 2.75) is 31.8 Å². The molecule has 6 heteroatoms. The molecule has 2 aliphatic rings. The molecule has 2 aromatic carbocycles. The number of thiazole rings is 1. The summed E-state index contributed by atoms with van der Waals surface area (Å²) in [7, 11) is 0. The van der Waals surface area contributed by atoms with Gasteiger partial charge in [-0.25, -0.2) is 4.98 Å². The summed E-state index contributed by atoms with van der Waals surface area (Å²) in [5, 5.41) is 3.93. The molecule has 1 N–H and O–H groups in total. The molecule has 0 aliphatic carbocycles. The Balaban J connectivity index is 1.34. The monoisotopic (exact) mass is 389 g/mol. The summed E-state index contributed by atoms with van der Waals surface area (Å²) >= 11 is 1.58. The van der Waals surface area contributed by atoms with Crippen LogP contribution in [-0.2, 0) is 24.2 Å². The number of carbonyl (C=O) groups is 2. The number of carbonyl (C=O) groups excluding carboxylic acids is 2. The molecule has 1 aromatic heterocycles. The Bertz CT molecular complexity index is 1060. The quantitative estimate of drug-likeness (QED) is 0.744. The number of nitrogens with zero attached hydrogens (tertiary/aromatic N) is 2. The maximum absolute atomic E-state index is 13.0. The third kappa shape index (κ3) is 2.99. The van der Waals surface area contributed by atoms with Gasteiger partial charge >= 0.3 is 0 Å². The highest BCUT2D eigenvalue weighted by Gasteiger charge is 2.39. The van der Waals surface area contributed by atoms with E-state index in [9.17, 15) is 9.59 Å². The van der Waals surface area contributed by atoms with Gasteiger partial charge in [0.15, 0.2) is 0 Å². The zero-order valence-electron chi connectivity index (χ0n) is 15.2. The number of amides is 2. The number of rotatable bonds is 3. The van der Waals surface area contributed by atoms with Gasteiger partial charge in [-0.15, -0.1) is 11.3 Å². The van der Waals surface area contributed by atoms with Crippen molar-refractivity contribution in [2.75, 3.05) is 5.32 Å². The lowest BCUT2D eigenvalue weighted by atomic mass is 10.1. The Morgan fingerprint density at radius 1 is 1.07 bits per heavy atom. The van der Waals surface area contributed by atoms with Crippen molar-refractivity contribution in [3.05, 3.63) is 81.3 Å². The molecule has 1 atom stereocenters. The third-order valence-corrected chi connectivity index (χ3v) is 6.40. The van der Waals surface area contributed by atoms with Gasteiger partial charge in [-0.2, -0.15) is 0 Å². The van der Waals surface area contributed by atoms with Gasteiger partial charge in [0.05, 0.1) is 16.4 Å². The van der Waals surface area contributed by atoms with Crippen LogP contribution >= 0.6 is 11.3 Å². The predicted molar refractivity (Wildman–Crippen MR) is 108 cm³/mol. The first-order valence-electron chi connectivity index (χ1n) is 9.41. The summed E-state index contributed by atoms with van der Waals surface area (Å²) in [4.78, 5) is 33.0. The minimum Gasteiger partial charge on any atom is -0.324 e. The van der Waals surface area contributed by atoms with E-state index >= 15 is 0 Å². The summed E-state index contributed by atoms with van der Waals surface area (Å²) in [6.07, 6.45) is 2.12. The molecule has 28 heavy (non-hydrogen) atoms. The van der Waals surface area contributed by atoms with E-state index in [1.165, 1.54) is 5.56 Å². The lowest BCUT2D eigenvalue weighted by Gasteiger charge is -2.25. The number of fused-ring (bicyclic) bond motifs is 2. The molecular formula is C22H19N3O2S. The standard InChI is InChI=1S/C22H19N3O2S/c26-21-17(11-10-15-8-4-5-9-16(15)23-21)25-13-18-20(22(25)27)24-19(28-18)12-14-6-2-1-3-7-14/h1-9,17H,10-13H2,(H,23,26). The van der Waals surface area contributed by atoms with E-state index in [-0.39, 0.29) is 11.8 Å². The van der Waals surface area contributed by atoms with Gasteiger partial charge in [0.25, 0.3) is 5.91 Å². The molecule has 5 nitrogen and oxygen atoms in total. The average molecular weight is 389 g/mol. The Morgan fingerprint density at radius 3 is 2.68 bits per heavy atom. The van der Waals surface area contributed by atoms with E-state index < -0.39 is 6.04 Å². The van der Waals surface area contributed by atoms with Crippen molar-refractivity contribution < 1.29 is 9.59 Å². The first kappa shape index (κ1) is 17.1. The van der Waals surface area contributed by atoms with E-state index in [1.807, 2.05) is 42.5 Å². The topological polar surface area (TPSA) is 62.3 Å². The number of nitrogens with one attached hydrogen (secondary N) is 1. The summed E-state index contributed by atoms with van der Waals surface area (Å²) in [5.74, 6) is -0.241. The fourth-order valence-corrected chi connectivity index (χ4v) is 5.03. The van der Waals surface area contributed by atoms with Crippen LogP contribution in [0.5, 0.6) is 0 Å². The SMILES string of the molecule is O=C1Nc2ccccc2CCC1N1Cc2sc(Cc3ccccc3)nc2C1=O. The molecular weight excluding hydrogens is 370 g/mol. The van der Waals surface area contributed by atoms with Crippen LogP contribution in [-0.4, -0.2) is 27.7 Å². The molecule has 2 amide bonds. The van der Waals surface area contributed by atoms with Gasteiger partial charge in [0.1, 0.15) is 11.7 Å². The molecule has 0 saturated heterocycles. The Kier molecular flexibility index (Phi) is 4.20. The number of aryl methyl sites for hydroxylation is 1. The lowest BCUT2D eigenvalue weighted by Crippen LogP contribution is -2.43. The molecule has 2 aliphatic heterocycles. The van der Waals surface area contributed by atoms with E-state index in [0.717, 1.165) is 34.0 Å². The predicted octanol–water partition coefficient (Wildman–Crippen LogP) is 3.64. The molecule has 5 rings (SSSR count). The Labute approximate surface area is 167 Å². The normalized spacial score (nSPS) is 18.4. The minimum absolute atomic E-state index is 0.113. The van der Waals surface area contributed by atoms with Crippen LogP contribution in [0.4, 0.5) is 5.69 Å². The zero-order chi connectivity index (χ0) is 19.1. The van der Waals surface area contributed by atoms with Gasteiger partial charge in [-0.3, -0.25) is 9.59 Å². The first-order chi connectivity index (χ1) is 13.7. The summed E-state index contributed by atoms with van der Waals surface area (Å²) in [5.41, 5.74) is 3.66. The van der Waals surface area contributed by atoms with Crippen molar-refractivity contribution in [1.82, 2.24) is 9.88 Å². The molecule has 0 spiro atoms. The van der Waals surface area contributed by atoms with E-state index in [0.29, 0.717) is 18.7 Å². The van der Waals surface area contributed by atoms with Crippen LogP contribution in [0.2, 0.25) is 0 Å². The summed E-state index contributed by atoms with van der Waals surface area (Å²) < 4.78 is 0. The number of hydrogen-bond donors (Lipinski definition) is 1. The molecule has 0 fully saturated rings. The fraction of sp³-hybridized carbons (Fsp3) is 0.227. The summed E-state index contributed by atoms with van der Waals surface area (Å²) in [6, 6.07) is 17.5. The first-order valence-corrected chi connectivity index (χ1v) is 10.2. The van der Waals surface area contributed by atoms with Gasteiger partial charge in [-0.05, 0) is 30.0 Å². The van der Waals surface area contributed by atoms with E-state index in [2.05, 4.69) is 22.4 Å². The number of benzene rings is 2. The average Bonchev–Trinajstić information content (AvgIpc) is 3.17. The second-order valence-electron chi connectivity index (χ2n) is 7.18. The minimum atomic E-state index is -0.459. The molecule has 0 radical (unpaired) electrons. The van der Waals surface area contributed by atoms with Crippen LogP contribution in [0.25, 0.3) is 0 Å². The third-order valence-electron chi connectivity index (χ3n) is 5.36. The van der Waals surface area contributed by atoms with Crippen LogP contribution in [0.1, 0.15) is 37.9 Å². The fourth-order valence-electron chi connectivity index (χ4n) is 3.93. The Hall–Kier alpha value is -2.99. The maximum atomic E-state index is 13.0. The number of para-hydroxylation sites is 1. The number of aromatic nitrogens is 1. The second-order valence-corrected chi connectivity index (χ2v) is 8.34. The number of hydrogen-bond acceptors (Lipinski definition) is 4. The maximum Gasteiger partial charge on any atom is 0.274 e. The molecule has 3 aromatic rings. The molecule has 3 heterocycles. The zero-order valence-corrected chi connectivity index (χ0v) is 16.0. The van der Waals surface area contributed by atoms with Crippen molar-refractivity contribution in [1.29, 1.82) is 0 Å². The van der Waals surface area contributed by atoms with E-state index in [1.54, 1.807) is 16.2 Å². The van der Waals surface area contributed by atoms with Crippen molar-refractivity contribution in [3.8, 4) is 0 Å². The van der Waals surface area contributed by atoms with Crippen LogP contribution in [0.15, 0.2) is 54.6 Å². The van der Waals surface area contributed by atoms with Gasteiger partial charge in [0, 0.05) is 12.1 Å². The molecule has 0 bridgehead atoms. The highest BCUT2D eigenvalue weighted by molar-refractivity contribution is 7.12. The molecule has 1 unspecified atom stereocenters. The Morgan fingerprint density at radius 2 is 1.86 bits per heavy atom. The molecule has 0 saturated carbocycles. The van der Waals surface area contributed by atoms with Gasteiger partial charge in [-0.1, -0.05) is 48.5 Å². The van der Waals surface area contributed by atoms with Crippen molar-refractivity contribution >= 4 is 28.8 Å².